The number of imidazole rings is 1. The largest absolute Gasteiger partial charge is 0.350 e. The molecule has 1 aliphatic carbocycles. The van der Waals surface area contributed by atoms with Gasteiger partial charge in [-0.15, -0.1) is 5.10 Å². The fourth-order valence-corrected chi connectivity index (χ4v) is 3.59. The lowest BCUT2D eigenvalue weighted by molar-refractivity contribution is 0.409. The molecule has 8 nitrogen and oxygen atoms in total. The fraction of sp³-hybridized carbons (Fsp3) is 0.333. The maximum absolute atomic E-state index is 5.98. The normalized spacial score (nSPS) is 20.7. The molecule has 8 heteroatoms. The lowest BCUT2D eigenvalue weighted by Gasteiger charge is -2.26. The SMILES string of the molecule is NC1CCC(Nc2ncc3c(-c4ccc5nccn5n4)ccn3n2)CC1. The third-order valence-electron chi connectivity index (χ3n) is 5.05. The van der Waals surface area contributed by atoms with Gasteiger partial charge < -0.3 is 11.1 Å². The highest BCUT2D eigenvalue weighted by molar-refractivity contribution is 5.78. The molecule has 0 amide bonds. The van der Waals surface area contributed by atoms with Gasteiger partial charge in [-0.1, -0.05) is 0 Å². The number of fused-ring (bicyclic) bond motifs is 2. The van der Waals surface area contributed by atoms with Crippen LogP contribution < -0.4 is 11.1 Å². The van der Waals surface area contributed by atoms with Gasteiger partial charge in [-0.3, -0.25) is 0 Å². The third kappa shape index (κ3) is 2.68. The quantitative estimate of drug-likeness (QED) is 0.588. The molecule has 0 aliphatic heterocycles. The van der Waals surface area contributed by atoms with Crippen molar-refractivity contribution in [2.75, 3.05) is 5.32 Å². The van der Waals surface area contributed by atoms with Crippen LogP contribution in [0.15, 0.2) is 43.0 Å². The third-order valence-corrected chi connectivity index (χ3v) is 5.05. The predicted molar refractivity (Wildman–Crippen MR) is 98.8 cm³/mol. The summed E-state index contributed by atoms with van der Waals surface area (Å²) in [6.45, 7) is 0. The molecular formula is C18H20N8. The van der Waals surface area contributed by atoms with Crippen LogP contribution in [0.1, 0.15) is 25.7 Å². The van der Waals surface area contributed by atoms with Gasteiger partial charge in [0.15, 0.2) is 5.65 Å². The van der Waals surface area contributed by atoms with Gasteiger partial charge in [0.2, 0.25) is 5.95 Å². The summed E-state index contributed by atoms with van der Waals surface area (Å²) in [7, 11) is 0. The van der Waals surface area contributed by atoms with Crippen molar-refractivity contribution in [3.8, 4) is 11.3 Å². The van der Waals surface area contributed by atoms with E-state index in [2.05, 4.69) is 25.5 Å². The topological polar surface area (TPSA) is 98.4 Å². The van der Waals surface area contributed by atoms with Gasteiger partial charge in [-0.05, 0) is 43.9 Å². The molecule has 1 fully saturated rings. The Labute approximate surface area is 150 Å². The van der Waals surface area contributed by atoms with E-state index in [9.17, 15) is 0 Å². The smallest absolute Gasteiger partial charge is 0.241 e. The number of aromatic nitrogens is 6. The maximum Gasteiger partial charge on any atom is 0.241 e. The molecule has 0 radical (unpaired) electrons. The number of rotatable bonds is 3. The van der Waals surface area contributed by atoms with Crippen molar-refractivity contribution < 1.29 is 0 Å². The Morgan fingerprint density at radius 1 is 0.962 bits per heavy atom. The molecule has 1 saturated carbocycles. The molecule has 4 aromatic rings. The van der Waals surface area contributed by atoms with Crippen LogP contribution >= 0.6 is 0 Å². The number of nitrogens with two attached hydrogens (primary N) is 1. The molecule has 0 unspecified atom stereocenters. The zero-order valence-corrected chi connectivity index (χ0v) is 14.3. The number of hydrogen-bond donors (Lipinski definition) is 2. The summed E-state index contributed by atoms with van der Waals surface area (Å²) >= 11 is 0. The van der Waals surface area contributed by atoms with E-state index in [4.69, 9.17) is 5.73 Å². The van der Waals surface area contributed by atoms with Crippen molar-refractivity contribution in [2.24, 2.45) is 5.73 Å². The van der Waals surface area contributed by atoms with Crippen molar-refractivity contribution in [1.82, 2.24) is 29.2 Å². The molecule has 5 rings (SSSR count). The van der Waals surface area contributed by atoms with Gasteiger partial charge in [0.05, 0.1) is 17.4 Å². The summed E-state index contributed by atoms with van der Waals surface area (Å²) in [6.07, 6.45) is 11.6. The van der Waals surface area contributed by atoms with E-state index >= 15 is 0 Å². The first-order chi connectivity index (χ1) is 12.8. The molecule has 3 N–H and O–H groups in total. The zero-order chi connectivity index (χ0) is 17.5. The minimum Gasteiger partial charge on any atom is -0.350 e. The summed E-state index contributed by atoms with van der Waals surface area (Å²) in [5.41, 5.74) is 9.59. The molecule has 0 bridgehead atoms. The Morgan fingerprint density at radius 3 is 2.73 bits per heavy atom. The molecule has 1 aliphatic rings. The molecular weight excluding hydrogens is 328 g/mol. The maximum atomic E-state index is 5.98. The van der Waals surface area contributed by atoms with Crippen LogP contribution in [-0.4, -0.2) is 41.3 Å². The molecule has 0 atom stereocenters. The van der Waals surface area contributed by atoms with Crippen molar-refractivity contribution in [2.45, 2.75) is 37.8 Å². The highest BCUT2D eigenvalue weighted by atomic mass is 15.3. The summed E-state index contributed by atoms with van der Waals surface area (Å²) in [4.78, 5) is 8.74. The van der Waals surface area contributed by atoms with E-state index in [1.807, 2.05) is 41.3 Å². The van der Waals surface area contributed by atoms with Crippen LogP contribution in [-0.2, 0) is 0 Å². The monoisotopic (exact) mass is 348 g/mol. The van der Waals surface area contributed by atoms with Gasteiger partial charge >= 0.3 is 0 Å². The lowest BCUT2D eigenvalue weighted by atomic mass is 9.92. The number of nitrogens with zero attached hydrogens (tertiary/aromatic N) is 6. The van der Waals surface area contributed by atoms with E-state index in [-0.39, 0.29) is 0 Å². The second kappa shape index (κ2) is 6.06. The van der Waals surface area contributed by atoms with Crippen LogP contribution in [0.2, 0.25) is 0 Å². The van der Waals surface area contributed by atoms with E-state index in [1.54, 1.807) is 10.7 Å². The van der Waals surface area contributed by atoms with E-state index in [1.165, 1.54) is 0 Å². The Kier molecular flexibility index (Phi) is 3.56. The highest BCUT2D eigenvalue weighted by Gasteiger charge is 2.19. The van der Waals surface area contributed by atoms with E-state index in [0.29, 0.717) is 18.0 Å². The zero-order valence-electron chi connectivity index (χ0n) is 14.3. The van der Waals surface area contributed by atoms with Crippen molar-refractivity contribution >= 4 is 17.1 Å². The average Bonchev–Trinajstić information content (AvgIpc) is 3.29. The average molecular weight is 348 g/mol. The second-order valence-electron chi connectivity index (χ2n) is 6.85. The number of anilines is 1. The second-order valence-corrected chi connectivity index (χ2v) is 6.85. The summed E-state index contributed by atoms with van der Waals surface area (Å²) in [5, 5.41) is 12.6. The first kappa shape index (κ1) is 15.3. The van der Waals surface area contributed by atoms with Crippen LogP contribution in [0.25, 0.3) is 22.4 Å². The minimum absolute atomic E-state index is 0.337. The van der Waals surface area contributed by atoms with Gasteiger partial charge in [0.1, 0.15) is 0 Å². The molecule has 4 aromatic heterocycles. The summed E-state index contributed by atoms with van der Waals surface area (Å²) < 4.78 is 3.61. The van der Waals surface area contributed by atoms with Crippen molar-refractivity contribution in [3.05, 3.63) is 43.0 Å². The molecule has 0 spiro atoms. The fourth-order valence-electron chi connectivity index (χ4n) is 3.59. The Morgan fingerprint density at radius 2 is 1.85 bits per heavy atom. The predicted octanol–water partition coefficient (Wildman–Crippen LogP) is 2.12. The Bertz CT molecular complexity index is 1060. The van der Waals surface area contributed by atoms with Crippen LogP contribution in [0.5, 0.6) is 0 Å². The van der Waals surface area contributed by atoms with Crippen LogP contribution in [0.3, 0.4) is 0 Å². The lowest BCUT2D eigenvalue weighted by Crippen LogP contribution is -2.33. The van der Waals surface area contributed by atoms with E-state index in [0.717, 1.165) is 48.1 Å². The van der Waals surface area contributed by atoms with E-state index < -0.39 is 0 Å². The molecule has 4 heterocycles. The molecule has 0 aromatic carbocycles. The molecule has 26 heavy (non-hydrogen) atoms. The Balaban J connectivity index is 1.44. The molecule has 132 valence electrons. The summed E-state index contributed by atoms with van der Waals surface area (Å²) in [6, 6.07) is 6.67. The van der Waals surface area contributed by atoms with Gasteiger partial charge in [0.25, 0.3) is 0 Å². The van der Waals surface area contributed by atoms with Gasteiger partial charge in [-0.2, -0.15) is 5.10 Å². The molecule has 0 saturated heterocycles. The highest BCUT2D eigenvalue weighted by Crippen LogP contribution is 2.24. The first-order valence-corrected chi connectivity index (χ1v) is 8.93. The Hall–Kier alpha value is -3.00. The van der Waals surface area contributed by atoms with Crippen LogP contribution in [0.4, 0.5) is 5.95 Å². The van der Waals surface area contributed by atoms with Gasteiger partial charge in [-0.25, -0.2) is 19.0 Å². The van der Waals surface area contributed by atoms with Crippen molar-refractivity contribution in [1.29, 1.82) is 0 Å². The first-order valence-electron chi connectivity index (χ1n) is 8.93. The van der Waals surface area contributed by atoms with Crippen molar-refractivity contribution in [3.63, 3.8) is 0 Å². The number of hydrogen-bond acceptors (Lipinski definition) is 6. The standard InChI is InChI=1S/C18H20N8/c19-12-1-3-13(4-2-12)22-18-21-11-16-14(7-9-25(16)24-18)15-5-6-17-20-8-10-26(17)23-15/h5-13H,1-4,19H2,(H,22,24). The number of nitrogens with one attached hydrogen (secondary N) is 1. The van der Waals surface area contributed by atoms with Crippen LogP contribution in [0, 0.1) is 0 Å². The van der Waals surface area contributed by atoms with Gasteiger partial charge in [0, 0.05) is 36.2 Å². The summed E-state index contributed by atoms with van der Waals surface area (Å²) in [5.74, 6) is 0.651. The minimum atomic E-state index is 0.337.